The van der Waals surface area contributed by atoms with Crippen LogP contribution in [0.3, 0.4) is 0 Å². The van der Waals surface area contributed by atoms with Gasteiger partial charge in [-0.3, -0.25) is 0 Å². The number of hydrogen-bond donors (Lipinski definition) is 1. The number of aromatic nitrogens is 2. The monoisotopic (exact) mass is 265 g/mol. The third-order valence-electron chi connectivity index (χ3n) is 3.37. The fourth-order valence-electron chi connectivity index (χ4n) is 2.43. The summed E-state index contributed by atoms with van der Waals surface area (Å²) in [4.78, 5) is 4.58. The van der Waals surface area contributed by atoms with Gasteiger partial charge in [0.2, 0.25) is 5.95 Å². The lowest BCUT2D eigenvalue weighted by Crippen LogP contribution is -2.22. The molecule has 0 aliphatic carbocycles. The van der Waals surface area contributed by atoms with Gasteiger partial charge >= 0.3 is 0 Å². The molecule has 3 nitrogen and oxygen atoms in total. The first-order valence-corrected chi connectivity index (χ1v) is 7.64. The average Bonchev–Trinajstić information content (AvgIpc) is 2.57. The number of aryl methyl sites for hydroxylation is 1. The Labute approximate surface area is 118 Å². The van der Waals surface area contributed by atoms with Crippen molar-refractivity contribution in [2.24, 2.45) is 5.41 Å². The van der Waals surface area contributed by atoms with E-state index in [0.29, 0.717) is 11.5 Å². The molecule has 0 atom stereocenters. The molecular weight excluding hydrogens is 234 g/mol. The first-order chi connectivity index (χ1) is 8.84. The van der Waals surface area contributed by atoms with Gasteiger partial charge in [0, 0.05) is 18.8 Å². The van der Waals surface area contributed by atoms with Crippen molar-refractivity contribution in [3.63, 3.8) is 0 Å². The summed E-state index contributed by atoms with van der Waals surface area (Å²) in [7, 11) is 0. The highest BCUT2D eigenvalue weighted by Gasteiger charge is 2.20. The Morgan fingerprint density at radius 3 is 2.58 bits per heavy atom. The van der Waals surface area contributed by atoms with Crippen LogP contribution >= 0.6 is 0 Å². The molecule has 0 aromatic carbocycles. The van der Waals surface area contributed by atoms with Gasteiger partial charge in [0.05, 0.1) is 5.69 Å². The summed E-state index contributed by atoms with van der Waals surface area (Å²) in [5.74, 6) is 1.01. The maximum Gasteiger partial charge on any atom is 0.203 e. The van der Waals surface area contributed by atoms with Crippen molar-refractivity contribution in [3.05, 3.63) is 11.9 Å². The fourth-order valence-corrected chi connectivity index (χ4v) is 2.43. The summed E-state index contributed by atoms with van der Waals surface area (Å²) in [6, 6.07) is 0.420. The van der Waals surface area contributed by atoms with Gasteiger partial charge in [0.1, 0.15) is 0 Å². The third kappa shape index (κ3) is 5.66. The van der Waals surface area contributed by atoms with Crippen molar-refractivity contribution in [1.29, 1.82) is 0 Å². The number of anilines is 1. The molecule has 1 rings (SSSR count). The first kappa shape index (κ1) is 16.1. The van der Waals surface area contributed by atoms with E-state index in [9.17, 15) is 0 Å². The Balaban J connectivity index is 2.69. The number of nitrogens with zero attached hydrogens (tertiary/aromatic N) is 2. The summed E-state index contributed by atoms with van der Waals surface area (Å²) in [6.07, 6.45) is 7.39. The van der Waals surface area contributed by atoms with Gasteiger partial charge in [0.25, 0.3) is 0 Å². The lowest BCUT2D eigenvalue weighted by atomic mass is 9.87. The number of hydrogen-bond acceptors (Lipinski definition) is 2. The summed E-state index contributed by atoms with van der Waals surface area (Å²) < 4.78 is 2.28. The van der Waals surface area contributed by atoms with E-state index in [1.54, 1.807) is 0 Å². The van der Waals surface area contributed by atoms with Crippen molar-refractivity contribution >= 4 is 5.95 Å². The fraction of sp³-hybridized carbons (Fsp3) is 0.812. The lowest BCUT2D eigenvalue weighted by Gasteiger charge is -2.26. The minimum Gasteiger partial charge on any atom is -0.353 e. The first-order valence-electron chi connectivity index (χ1n) is 7.64. The second kappa shape index (κ2) is 6.97. The minimum absolute atomic E-state index is 0.329. The molecule has 0 radical (unpaired) electrons. The highest BCUT2D eigenvalue weighted by molar-refractivity contribution is 5.29. The van der Waals surface area contributed by atoms with Crippen LogP contribution < -0.4 is 5.32 Å². The zero-order valence-corrected chi connectivity index (χ0v) is 13.6. The van der Waals surface area contributed by atoms with Crippen LogP contribution in [0.25, 0.3) is 0 Å². The highest BCUT2D eigenvalue weighted by Crippen LogP contribution is 2.27. The van der Waals surface area contributed by atoms with Crippen LogP contribution in [-0.2, 0) is 6.54 Å². The zero-order valence-electron chi connectivity index (χ0n) is 13.6. The molecule has 0 fully saturated rings. The van der Waals surface area contributed by atoms with Crippen LogP contribution in [0.2, 0.25) is 0 Å². The molecule has 0 unspecified atom stereocenters. The maximum absolute atomic E-state index is 4.58. The van der Waals surface area contributed by atoms with Gasteiger partial charge in [0.15, 0.2) is 0 Å². The molecule has 0 saturated heterocycles. The molecule has 1 heterocycles. The van der Waals surface area contributed by atoms with E-state index in [-0.39, 0.29) is 0 Å². The smallest absolute Gasteiger partial charge is 0.203 e. The molecule has 19 heavy (non-hydrogen) atoms. The zero-order chi connectivity index (χ0) is 14.5. The predicted octanol–water partition coefficient (Wildman–Crippen LogP) is 4.62. The highest BCUT2D eigenvalue weighted by atomic mass is 15.2. The topological polar surface area (TPSA) is 29.9 Å². The molecular formula is C16H31N3. The van der Waals surface area contributed by atoms with E-state index < -0.39 is 0 Å². The SMILES string of the molecule is CCCCCC(C)(C)Cn1cc(C)nc1NC(C)C. The summed E-state index contributed by atoms with van der Waals surface area (Å²) in [5.41, 5.74) is 1.42. The van der Waals surface area contributed by atoms with E-state index in [1.807, 2.05) is 0 Å². The minimum atomic E-state index is 0.329. The van der Waals surface area contributed by atoms with E-state index in [1.165, 1.54) is 25.7 Å². The van der Waals surface area contributed by atoms with Crippen LogP contribution in [-0.4, -0.2) is 15.6 Å². The second-order valence-corrected chi connectivity index (χ2v) is 6.75. The molecule has 1 aromatic rings. The Bertz CT molecular complexity index is 377. The Kier molecular flexibility index (Phi) is 5.89. The molecule has 0 amide bonds. The van der Waals surface area contributed by atoms with Crippen LogP contribution in [0, 0.1) is 12.3 Å². The molecule has 0 bridgehead atoms. The number of rotatable bonds is 8. The summed E-state index contributed by atoms with van der Waals surface area (Å²) in [6.45, 7) is 14.4. The van der Waals surface area contributed by atoms with Crippen LogP contribution in [0.15, 0.2) is 6.20 Å². The second-order valence-electron chi connectivity index (χ2n) is 6.75. The van der Waals surface area contributed by atoms with Gasteiger partial charge in [-0.2, -0.15) is 0 Å². The summed E-state index contributed by atoms with van der Waals surface area (Å²) in [5, 5.41) is 3.44. The standard InChI is InChI=1S/C16H31N3/c1-7-8-9-10-16(5,6)12-19-11-14(4)18-15(19)17-13(2)3/h11,13H,7-10,12H2,1-6H3,(H,17,18). The average molecular weight is 265 g/mol. The van der Waals surface area contributed by atoms with Crippen molar-refractivity contribution in [2.45, 2.75) is 79.8 Å². The molecule has 1 aromatic heterocycles. The van der Waals surface area contributed by atoms with E-state index in [2.05, 4.69) is 62.6 Å². The van der Waals surface area contributed by atoms with Crippen molar-refractivity contribution in [2.75, 3.05) is 5.32 Å². The van der Waals surface area contributed by atoms with Gasteiger partial charge < -0.3 is 9.88 Å². The van der Waals surface area contributed by atoms with Gasteiger partial charge in [-0.05, 0) is 32.6 Å². The number of unbranched alkanes of at least 4 members (excludes halogenated alkanes) is 2. The molecule has 110 valence electrons. The van der Waals surface area contributed by atoms with E-state index in [4.69, 9.17) is 0 Å². The molecule has 0 spiro atoms. The van der Waals surface area contributed by atoms with Gasteiger partial charge in [-0.1, -0.05) is 40.0 Å². The van der Waals surface area contributed by atoms with Crippen LogP contribution in [0.5, 0.6) is 0 Å². The van der Waals surface area contributed by atoms with Gasteiger partial charge in [-0.15, -0.1) is 0 Å². The Morgan fingerprint density at radius 1 is 1.32 bits per heavy atom. The quantitative estimate of drug-likeness (QED) is 0.695. The molecule has 1 N–H and O–H groups in total. The summed E-state index contributed by atoms with van der Waals surface area (Å²) >= 11 is 0. The lowest BCUT2D eigenvalue weighted by molar-refractivity contribution is 0.273. The van der Waals surface area contributed by atoms with Crippen molar-refractivity contribution in [1.82, 2.24) is 9.55 Å². The van der Waals surface area contributed by atoms with Crippen LogP contribution in [0.4, 0.5) is 5.95 Å². The van der Waals surface area contributed by atoms with Crippen molar-refractivity contribution in [3.8, 4) is 0 Å². The van der Waals surface area contributed by atoms with Crippen molar-refractivity contribution < 1.29 is 0 Å². The largest absolute Gasteiger partial charge is 0.353 e. The number of nitrogens with one attached hydrogen (secondary N) is 1. The molecule has 0 saturated carbocycles. The third-order valence-corrected chi connectivity index (χ3v) is 3.37. The maximum atomic E-state index is 4.58. The van der Waals surface area contributed by atoms with Gasteiger partial charge in [-0.25, -0.2) is 4.98 Å². The predicted molar refractivity (Wildman–Crippen MR) is 83.6 cm³/mol. The van der Waals surface area contributed by atoms with E-state index in [0.717, 1.165) is 18.2 Å². The molecule has 3 heteroatoms. The van der Waals surface area contributed by atoms with Crippen LogP contribution in [0.1, 0.15) is 66.0 Å². The normalized spacial score (nSPS) is 12.2. The molecule has 0 aliphatic rings. The Hall–Kier alpha value is -0.990. The Morgan fingerprint density at radius 2 is 2.00 bits per heavy atom. The molecule has 0 aliphatic heterocycles. The number of imidazole rings is 1. The van der Waals surface area contributed by atoms with E-state index >= 15 is 0 Å².